The Labute approximate surface area is 108 Å². The van der Waals surface area contributed by atoms with Crippen molar-refractivity contribution in [1.29, 1.82) is 0 Å². The molecule has 1 N–H and O–H groups in total. The average Bonchev–Trinajstić information content (AvgIpc) is 2.42. The maximum atomic E-state index is 5.19. The van der Waals surface area contributed by atoms with E-state index in [1.807, 2.05) is 0 Å². The van der Waals surface area contributed by atoms with E-state index < -0.39 is 0 Å². The van der Waals surface area contributed by atoms with Crippen LogP contribution in [0.2, 0.25) is 0 Å². The quantitative estimate of drug-likeness (QED) is 0.664. The Morgan fingerprint density at radius 2 is 1.72 bits per heavy atom. The van der Waals surface area contributed by atoms with Crippen LogP contribution in [0.15, 0.2) is 6.33 Å². The molecule has 0 atom stereocenters. The molecular formula is C12H21N3O3. The number of ether oxygens (including phenoxy) is 3. The molecule has 0 aliphatic heterocycles. The third kappa shape index (κ3) is 4.46. The van der Waals surface area contributed by atoms with Crippen LogP contribution in [-0.4, -0.2) is 44.4 Å². The minimum absolute atomic E-state index is 0.547. The van der Waals surface area contributed by atoms with Gasteiger partial charge in [0.25, 0.3) is 0 Å². The van der Waals surface area contributed by atoms with Gasteiger partial charge in [0.1, 0.15) is 6.33 Å². The van der Waals surface area contributed by atoms with E-state index in [9.17, 15) is 0 Å². The Bertz CT molecular complexity index is 325. The van der Waals surface area contributed by atoms with Crippen LogP contribution in [0.4, 0.5) is 0 Å². The molecule has 102 valence electrons. The Morgan fingerprint density at radius 3 is 2.28 bits per heavy atom. The van der Waals surface area contributed by atoms with Crippen molar-refractivity contribution in [3.05, 3.63) is 11.9 Å². The number of methoxy groups -OCH3 is 3. The summed E-state index contributed by atoms with van der Waals surface area (Å²) in [6.45, 7) is 2.33. The van der Waals surface area contributed by atoms with E-state index >= 15 is 0 Å². The predicted molar refractivity (Wildman–Crippen MR) is 68.0 cm³/mol. The topological polar surface area (TPSA) is 65.5 Å². The van der Waals surface area contributed by atoms with Crippen molar-refractivity contribution in [3.8, 4) is 11.8 Å². The van der Waals surface area contributed by atoms with Crippen LogP contribution in [0.3, 0.4) is 0 Å². The van der Waals surface area contributed by atoms with Gasteiger partial charge in [0, 0.05) is 20.3 Å². The maximum absolute atomic E-state index is 5.19. The van der Waals surface area contributed by atoms with Gasteiger partial charge in [-0.2, -0.15) is 0 Å². The Balaban J connectivity index is 2.45. The van der Waals surface area contributed by atoms with Crippen LogP contribution in [0.1, 0.15) is 18.4 Å². The monoisotopic (exact) mass is 255 g/mol. The van der Waals surface area contributed by atoms with E-state index in [1.165, 1.54) is 6.33 Å². The van der Waals surface area contributed by atoms with Gasteiger partial charge < -0.3 is 19.5 Å². The fourth-order valence-electron chi connectivity index (χ4n) is 1.59. The summed E-state index contributed by atoms with van der Waals surface area (Å²) in [5.74, 6) is 1.09. The molecule has 0 spiro atoms. The highest BCUT2D eigenvalue weighted by molar-refractivity contribution is 5.34. The first kappa shape index (κ1) is 14.7. The molecule has 0 bridgehead atoms. The SMILES string of the molecule is COCCCCNCc1c(OC)ncnc1OC. The number of nitrogens with zero attached hydrogens (tertiary/aromatic N) is 2. The summed E-state index contributed by atoms with van der Waals surface area (Å²) < 4.78 is 15.4. The second kappa shape index (κ2) is 8.66. The van der Waals surface area contributed by atoms with Crippen molar-refractivity contribution in [1.82, 2.24) is 15.3 Å². The number of hydrogen-bond acceptors (Lipinski definition) is 6. The molecule has 6 nitrogen and oxygen atoms in total. The summed E-state index contributed by atoms with van der Waals surface area (Å²) in [6, 6.07) is 0. The Kier molecular flexibility index (Phi) is 7.05. The van der Waals surface area contributed by atoms with Crippen molar-refractivity contribution < 1.29 is 14.2 Å². The molecule has 1 heterocycles. The van der Waals surface area contributed by atoms with Crippen molar-refractivity contribution in [3.63, 3.8) is 0 Å². The molecule has 0 fully saturated rings. The number of unbranched alkanes of at least 4 members (excludes halogenated alkanes) is 1. The molecule has 0 radical (unpaired) electrons. The van der Waals surface area contributed by atoms with Crippen molar-refractivity contribution in [2.45, 2.75) is 19.4 Å². The van der Waals surface area contributed by atoms with E-state index in [0.717, 1.165) is 31.6 Å². The summed E-state index contributed by atoms with van der Waals surface area (Å²) in [5.41, 5.74) is 0.842. The summed E-state index contributed by atoms with van der Waals surface area (Å²) in [4.78, 5) is 8.12. The molecule has 0 aliphatic rings. The molecule has 18 heavy (non-hydrogen) atoms. The summed E-state index contributed by atoms with van der Waals surface area (Å²) in [7, 11) is 4.89. The first-order valence-corrected chi connectivity index (χ1v) is 5.95. The molecule has 1 rings (SSSR count). The van der Waals surface area contributed by atoms with Crippen LogP contribution < -0.4 is 14.8 Å². The van der Waals surface area contributed by atoms with E-state index in [-0.39, 0.29) is 0 Å². The van der Waals surface area contributed by atoms with Crippen molar-refractivity contribution >= 4 is 0 Å². The molecular weight excluding hydrogens is 234 g/mol. The van der Waals surface area contributed by atoms with Gasteiger partial charge >= 0.3 is 0 Å². The zero-order valence-electron chi connectivity index (χ0n) is 11.2. The van der Waals surface area contributed by atoms with Gasteiger partial charge in [0.2, 0.25) is 11.8 Å². The third-order valence-corrected chi connectivity index (χ3v) is 2.51. The molecule has 0 aliphatic carbocycles. The fraction of sp³-hybridized carbons (Fsp3) is 0.667. The predicted octanol–water partition coefficient (Wildman–Crippen LogP) is 1.01. The van der Waals surface area contributed by atoms with Crippen LogP contribution >= 0.6 is 0 Å². The van der Waals surface area contributed by atoms with E-state index in [4.69, 9.17) is 14.2 Å². The van der Waals surface area contributed by atoms with Crippen molar-refractivity contribution in [2.75, 3.05) is 34.5 Å². The van der Waals surface area contributed by atoms with Crippen LogP contribution in [-0.2, 0) is 11.3 Å². The van der Waals surface area contributed by atoms with Gasteiger partial charge in [-0.1, -0.05) is 0 Å². The highest BCUT2D eigenvalue weighted by Crippen LogP contribution is 2.22. The molecule has 1 aromatic rings. The van der Waals surface area contributed by atoms with Crippen LogP contribution in [0, 0.1) is 0 Å². The molecule has 0 saturated carbocycles. The minimum atomic E-state index is 0.547. The minimum Gasteiger partial charge on any atom is -0.481 e. The lowest BCUT2D eigenvalue weighted by atomic mass is 10.2. The highest BCUT2D eigenvalue weighted by Gasteiger charge is 2.11. The zero-order chi connectivity index (χ0) is 13.2. The second-order valence-corrected chi connectivity index (χ2v) is 3.75. The van der Waals surface area contributed by atoms with Gasteiger partial charge in [-0.05, 0) is 19.4 Å². The summed E-state index contributed by atoms with van der Waals surface area (Å²) >= 11 is 0. The van der Waals surface area contributed by atoms with E-state index in [2.05, 4.69) is 15.3 Å². The van der Waals surface area contributed by atoms with E-state index in [1.54, 1.807) is 21.3 Å². The largest absolute Gasteiger partial charge is 0.481 e. The number of aromatic nitrogens is 2. The van der Waals surface area contributed by atoms with Gasteiger partial charge in [-0.3, -0.25) is 0 Å². The molecule has 0 amide bonds. The molecule has 0 unspecified atom stereocenters. The van der Waals surface area contributed by atoms with Gasteiger partial charge in [0.05, 0.1) is 19.8 Å². The van der Waals surface area contributed by atoms with Gasteiger partial charge in [-0.25, -0.2) is 9.97 Å². The van der Waals surface area contributed by atoms with Crippen LogP contribution in [0.25, 0.3) is 0 Å². The highest BCUT2D eigenvalue weighted by atomic mass is 16.5. The zero-order valence-corrected chi connectivity index (χ0v) is 11.2. The summed E-state index contributed by atoms with van der Waals surface area (Å²) in [6.07, 6.45) is 3.54. The summed E-state index contributed by atoms with van der Waals surface area (Å²) in [5, 5.41) is 3.31. The average molecular weight is 255 g/mol. The standard InChI is InChI=1S/C12H21N3O3/c1-16-7-5-4-6-13-8-10-11(17-2)14-9-15-12(10)18-3/h9,13H,4-8H2,1-3H3. The fourth-order valence-corrected chi connectivity index (χ4v) is 1.59. The first-order chi connectivity index (χ1) is 8.83. The lowest BCUT2D eigenvalue weighted by Gasteiger charge is -2.11. The van der Waals surface area contributed by atoms with Gasteiger partial charge in [0.15, 0.2) is 0 Å². The maximum Gasteiger partial charge on any atom is 0.224 e. The van der Waals surface area contributed by atoms with Crippen LogP contribution in [0.5, 0.6) is 11.8 Å². The first-order valence-electron chi connectivity index (χ1n) is 5.95. The molecule has 0 saturated heterocycles. The lowest BCUT2D eigenvalue weighted by Crippen LogP contribution is -2.17. The molecule has 1 aromatic heterocycles. The smallest absolute Gasteiger partial charge is 0.224 e. The molecule has 6 heteroatoms. The van der Waals surface area contributed by atoms with Crippen molar-refractivity contribution in [2.24, 2.45) is 0 Å². The number of hydrogen-bond donors (Lipinski definition) is 1. The number of nitrogens with one attached hydrogen (secondary N) is 1. The van der Waals surface area contributed by atoms with Gasteiger partial charge in [-0.15, -0.1) is 0 Å². The second-order valence-electron chi connectivity index (χ2n) is 3.75. The lowest BCUT2D eigenvalue weighted by molar-refractivity contribution is 0.192. The number of rotatable bonds is 9. The normalized spacial score (nSPS) is 10.4. The molecule has 0 aromatic carbocycles. The third-order valence-electron chi connectivity index (χ3n) is 2.51. The van der Waals surface area contributed by atoms with E-state index in [0.29, 0.717) is 18.3 Å². The Morgan fingerprint density at radius 1 is 1.06 bits per heavy atom. The Hall–Kier alpha value is -1.40.